The van der Waals surface area contributed by atoms with Crippen LogP contribution in [0.25, 0.3) is 0 Å². The van der Waals surface area contributed by atoms with Gasteiger partial charge in [0.05, 0.1) is 0 Å². The van der Waals surface area contributed by atoms with Crippen molar-refractivity contribution in [3.05, 3.63) is 22.4 Å². The Hall–Kier alpha value is -1.60. The average Bonchev–Trinajstić information content (AvgIpc) is 3.04. The Bertz CT molecular complexity index is 484. The maximum Gasteiger partial charge on any atom is 0.312 e. The summed E-state index contributed by atoms with van der Waals surface area (Å²) in [5.41, 5.74) is 4.99. The number of piperazine rings is 1. The fraction of sp³-hybridized carbons (Fsp3) is 0.625. The number of nitrogens with zero attached hydrogens (tertiary/aromatic N) is 2. The predicted octanol–water partition coefficient (Wildman–Crippen LogP) is 1.62. The number of carbonyl (C=O) groups excluding carboxylic acids is 2. The number of primary amides is 1. The molecular formula is C16H26N4O2S. The van der Waals surface area contributed by atoms with Crippen LogP contribution in [0, 0.1) is 0 Å². The van der Waals surface area contributed by atoms with Crippen LogP contribution in [0.5, 0.6) is 0 Å². The summed E-state index contributed by atoms with van der Waals surface area (Å²) in [6.45, 7) is 5.14. The molecule has 0 bridgehead atoms. The molecule has 0 aromatic carbocycles. The van der Waals surface area contributed by atoms with Crippen molar-refractivity contribution in [2.24, 2.45) is 5.73 Å². The van der Waals surface area contributed by atoms with E-state index in [1.807, 2.05) is 4.90 Å². The van der Waals surface area contributed by atoms with Gasteiger partial charge in [-0.25, -0.2) is 4.79 Å². The summed E-state index contributed by atoms with van der Waals surface area (Å²) in [5, 5.41) is 4.66. The molecule has 1 aliphatic heterocycles. The lowest BCUT2D eigenvalue weighted by molar-refractivity contribution is -0.133. The van der Waals surface area contributed by atoms with E-state index >= 15 is 0 Å². The number of nitrogens with two attached hydrogens (primary N) is 1. The van der Waals surface area contributed by atoms with Crippen molar-refractivity contribution in [3.63, 3.8) is 0 Å². The third kappa shape index (κ3) is 6.58. The summed E-state index contributed by atoms with van der Waals surface area (Å²) in [5.74, 6) is 0.253. The normalized spacial score (nSPS) is 15.6. The topological polar surface area (TPSA) is 78.7 Å². The van der Waals surface area contributed by atoms with Crippen LogP contribution in [-0.2, 0) is 11.3 Å². The smallest absolute Gasteiger partial charge is 0.312 e. The van der Waals surface area contributed by atoms with Gasteiger partial charge in [-0.2, -0.15) is 0 Å². The highest BCUT2D eigenvalue weighted by Gasteiger charge is 2.20. The summed E-state index contributed by atoms with van der Waals surface area (Å²) >= 11 is 1.79. The molecule has 0 spiro atoms. The lowest BCUT2D eigenvalue weighted by Gasteiger charge is -2.34. The Kier molecular flexibility index (Phi) is 7.35. The highest BCUT2D eigenvalue weighted by molar-refractivity contribution is 7.09. The van der Waals surface area contributed by atoms with Gasteiger partial charge >= 0.3 is 6.03 Å². The Morgan fingerprint density at radius 3 is 2.61 bits per heavy atom. The molecule has 0 unspecified atom stereocenters. The van der Waals surface area contributed by atoms with Gasteiger partial charge < -0.3 is 16.0 Å². The second kappa shape index (κ2) is 9.52. The summed E-state index contributed by atoms with van der Waals surface area (Å²) in [7, 11) is 0. The van der Waals surface area contributed by atoms with Gasteiger partial charge in [0.1, 0.15) is 0 Å². The van der Waals surface area contributed by atoms with Crippen LogP contribution in [0.15, 0.2) is 17.5 Å². The number of nitrogens with one attached hydrogen (secondary N) is 1. The van der Waals surface area contributed by atoms with Crippen molar-refractivity contribution in [2.45, 2.75) is 32.2 Å². The molecule has 1 aliphatic rings. The molecule has 3 amide bonds. The summed E-state index contributed by atoms with van der Waals surface area (Å²) in [4.78, 5) is 28.5. The van der Waals surface area contributed by atoms with Crippen LogP contribution in [0.2, 0.25) is 0 Å². The maximum absolute atomic E-state index is 12.2. The summed E-state index contributed by atoms with van der Waals surface area (Å²) in [6, 6.07) is 3.76. The van der Waals surface area contributed by atoms with Crippen LogP contribution in [-0.4, -0.2) is 54.5 Å². The zero-order valence-corrected chi connectivity index (χ0v) is 14.3. The molecule has 2 heterocycles. The molecule has 0 atom stereocenters. The Morgan fingerprint density at radius 1 is 1.17 bits per heavy atom. The minimum absolute atomic E-state index is 0.253. The Balaban J connectivity index is 1.55. The van der Waals surface area contributed by atoms with Crippen LogP contribution >= 0.6 is 11.3 Å². The molecule has 23 heavy (non-hydrogen) atoms. The van der Waals surface area contributed by atoms with Gasteiger partial charge in [0.15, 0.2) is 0 Å². The van der Waals surface area contributed by atoms with Crippen molar-refractivity contribution in [1.29, 1.82) is 0 Å². The maximum atomic E-state index is 12.2. The van der Waals surface area contributed by atoms with Crippen LogP contribution < -0.4 is 11.1 Å². The first-order chi connectivity index (χ1) is 11.1. The second-order valence-electron chi connectivity index (χ2n) is 5.84. The number of urea groups is 1. The molecule has 0 aliphatic carbocycles. The van der Waals surface area contributed by atoms with Gasteiger partial charge in [-0.3, -0.25) is 9.69 Å². The molecule has 1 aromatic rings. The zero-order chi connectivity index (χ0) is 16.5. The number of thiophene rings is 1. The van der Waals surface area contributed by atoms with Crippen molar-refractivity contribution in [1.82, 2.24) is 15.1 Å². The number of hydrogen-bond acceptors (Lipinski definition) is 4. The van der Waals surface area contributed by atoms with Gasteiger partial charge in [-0.1, -0.05) is 12.5 Å². The van der Waals surface area contributed by atoms with E-state index in [-0.39, 0.29) is 5.91 Å². The van der Waals surface area contributed by atoms with Crippen molar-refractivity contribution >= 4 is 23.3 Å². The van der Waals surface area contributed by atoms with Gasteiger partial charge in [0.2, 0.25) is 5.91 Å². The average molecular weight is 338 g/mol. The number of hydrogen-bond donors (Lipinski definition) is 2. The molecule has 7 heteroatoms. The number of amides is 3. The molecule has 0 saturated carbocycles. The Morgan fingerprint density at radius 2 is 1.96 bits per heavy atom. The largest absolute Gasteiger partial charge is 0.352 e. The lowest BCUT2D eigenvalue weighted by Crippen LogP contribution is -2.48. The van der Waals surface area contributed by atoms with Gasteiger partial charge in [-0.05, 0) is 24.3 Å². The fourth-order valence-electron chi connectivity index (χ4n) is 2.73. The van der Waals surface area contributed by atoms with E-state index in [0.29, 0.717) is 13.0 Å². The molecule has 1 fully saturated rings. The lowest BCUT2D eigenvalue weighted by atomic mass is 10.1. The van der Waals surface area contributed by atoms with E-state index in [4.69, 9.17) is 5.73 Å². The quantitative estimate of drug-likeness (QED) is 0.707. The van der Waals surface area contributed by atoms with Crippen LogP contribution in [0.3, 0.4) is 0 Å². The molecule has 6 nitrogen and oxygen atoms in total. The summed E-state index contributed by atoms with van der Waals surface area (Å²) < 4.78 is 0. The third-order valence-corrected chi connectivity index (χ3v) is 4.91. The highest BCUT2D eigenvalue weighted by Crippen LogP contribution is 2.14. The monoisotopic (exact) mass is 338 g/mol. The molecule has 1 aromatic heterocycles. The first-order valence-corrected chi connectivity index (χ1v) is 9.09. The van der Waals surface area contributed by atoms with Gasteiger partial charge in [-0.15, -0.1) is 11.3 Å². The first-order valence-electron chi connectivity index (χ1n) is 8.21. The Labute approximate surface area is 141 Å². The van der Waals surface area contributed by atoms with E-state index in [2.05, 4.69) is 27.7 Å². The highest BCUT2D eigenvalue weighted by atomic mass is 32.1. The zero-order valence-electron chi connectivity index (χ0n) is 13.5. The molecule has 128 valence electrons. The van der Waals surface area contributed by atoms with E-state index in [1.165, 1.54) is 4.88 Å². The van der Waals surface area contributed by atoms with Crippen LogP contribution in [0.4, 0.5) is 4.79 Å². The van der Waals surface area contributed by atoms with Crippen molar-refractivity contribution in [3.8, 4) is 0 Å². The van der Waals surface area contributed by atoms with E-state index < -0.39 is 6.03 Å². The summed E-state index contributed by atoms with van der Waals surface area (Å²) in [6.07, 6.45) is 3.27. The number of rotatable bonds is 8. The molecule has 3 N–H and O–H groups in total. The van der Waals surface area contributed by atoms with Crippen LogP contribution in [0.1, 0.15) is 30.6 Å². The fourth-order valence-corrected chi connectivity index (χ4v) is 3.47. The standard InChI is InChI=1S/C16H26N4O2S/c17-16(22)18-7-3-1-2-6-15(21)20-10-8-19(9-11-20)13-14-5-4-12-23-14/h4-5,12H,1-3,6-11,13H2,(H3,17,18,22). The number of carbonyl (C=O) groups is 2. The molecular weight excluding hydrogens is 312 g/mol. The first kappa shape index (κ1) is 17.7. The van der Waals surface area contributed by atoms with E-state index in [0.717, 1.165) is 52.0 Å². The molecule has 1 saturated heterocycles. The van der Waals surface area contributed by atoms with E-state index in [9.17, 15) is 9.59 Å². The predicted molar refractivity (Wildman–Crippen MR) is 92.2 cm³/mol. The van der Waals surface area contributed by atoms with Crippen molar-refractivity contribution < 1.29 is 9.59 Å². The minimum atomic E-state index is -0.485. The molecule has 2 rings (SSSR count). The van der Waals surface area contributed by atoms with Gasteiger partial charge in [0.25, 0.3) is 0 Å². The van der Waals surface area contributed by atoms with Gasteiger partial charge in [0, 0.05) is 50.6 Å². The third-order valence-electron chi connectivity index (χ3n) is 4.05. The molecule has 0 radical (unpaired) electrons. The van der Waals surface area contributed by atoms with Crippen molar-refractivity contribution in [2.75, 3.05) is 32.7 Å². The minimum Gasteiger partial charge on any atom is -0.352 e. The number of unbranched alkanes of at least 4 members (excludes halogenated alkanes) is 2. The second-order valence-corrected chi connectivity index (χ2v) is 6.87. The van der Waals surface area contributed by atoms with E-state index in [1.54, 1.807) is 11.3 Å². The SMILES string of the molecule is NC(=O)NCCCCCC(=O)N1CCN(Cc2cccs2)CC1.